The molecule has 0 aromatic heterocycles. The van der Waals surface area contributed by atoms with Crippen LogP contribution < -0.4 is 0 Å². The topological polar surface area (TPSA) is 26.7 Å². The average molecular weight is 272 g/mol. The van der Waals surface area contributed by atoms with E-state index in [9.17, 15) is 0 Å². The molecule has 1 unspecified atom stereocenters. The second kappa shape index (κ2) is 7.44. The van der Waals surface area contributed by atoms with Gasteiger partial charge < -0.3 is 10.0 Å². The van der Waals surface area contributed by atoms with Crippen molar-refractivity contribution in [1.82, 2.24) is 9.80 Å². The van der Waals surface area contributed by atoms with E-state index >= 15 is 0 Å². The summed E-state index contributed by atoms with van der Waals surface area (Å²) in [4.78, 5) is 4.97. The molecule has 0 aliphatic carbocycles. The molecule has 3 heteroatoms. The number of hydrogen-bond acceptors (Lipinski definition) is 3. The summed E-state index contributed by atoms with van der Waals surface area (Å²) in [5, 5.41) is 8.69. The molecule has 3 nitrogen and oxygen atoms in total. The van der Waals surface area contributed by atoms with Gasteiger partial charge in [-0.25, -0.2) is 0 Å². The quantitative estimate of drug-likeness (QED) is 0.828. The zero-order valence-corrected chi connectivity index (χ0v) is 12.5. The summed E-state index contributed by atoms with van der Waals surface area (Å²) in [5.41, 5.74) is 2.29. The van der Waals surface area contributed by atoms with E-state index < -0.39 is 0 Å². The highest BCUT2D eigenvalue weighted by Gasteiger charge is 2.19. The van der Waals surface area contributed by atoms with E-state index in [1.54, 1.807) is 0 Å². The lowest BCUT2D eigenvalue weighted by atomic mass is 10.1. The summed E-state index contributed by atoms with van der Waals surface area (Å²) in [6.45, 7) is 6.72. The third kappa shape index (κ3) is 4.35. The molecule has 0 amide bonds. The van der Waals surface area contributed by atoms with Gasteiger partial charge in [-0.2, -0.15) is 0 Å². The number of nitrogens with zero attached hydrogens (tertiary/aromatic N) is 2. The number of likely N-dealkylation sites (N-methyl/N-ethyl adjacent to an activating group) is 1. The maximum atomic E-state index is 8.69. The first-order chi connectivity index (χ1) is 9.69. The first kappa shape index (κ1) is 15.1. The number of rotatable bonds is 2. The van der Waals surface area contributed by atoms with Crippen molar-refractivity contribution in [3.05, 3.63) is 35.4 Å². The predicted molar refractivity (Wildman–Crippen MR) is 82.4 cm³/mol. The Balaban J connectivity index is 1.98. The van der Waals surface area contributed by atoms with Gasteiger partial charge in [-0.05, 0) is 44.6 Å². The second-order valence-electron chi connectivity index (χ2n) is 5.59. The van der Waals surface area contributed by atoms with Gasteiger partial charge in [-0.1, -0.05) is 24.0 Å². The normalized spacial score (nSPS) is 21.1. The van der Waals surface area contributed by atoms with Crippen LogP contribution in [0.3, 0.4) is 0 Å². The van der Waals surface area contributed by atoms with Gasteiger partial charge in [0.1, 0.15) is 6.61 Å². The second-order valence-corrected chi connectivity index (χ2v) is 5.59. The first-order valence-electron chi connectivity index (χ1n) is 7.30. The minimum absolute atomic E-state index is 0.0828. The monoisotopic (exact) mass is 272 g/mol. The molecule has 1 aromatic rings. The summed E-state index contributed by atoms with van der Waals surface area (Å²) in [6, 6.07) is 8.95. The molecule has 108 valence electrons. The van der Waals surface area contributed by atoms with E-state index in [0.29, 0.717) is 6.04 Å². The van der Waals surface area contributed by atoms with E-state index in [2.05, 4.69) is 47.7 Å². The number of aliphatic hydroxyl groups excluding tert-OH is 1. The van der Waals surface area contributed by atoms with Gasteiger partial charge in [0.25, 0.3) is 0 Å². The molecule has 0 bridgehead atoms. The van der Waals surface area contributed by atoms with E-state index in [0.717, 1.165) is 25.2 Å². The van der Waals surface area contributed by atoms with E-state index in [-0.39, 0.29) is 6.61 Å². The van der Waals surface area contributed by atoms with Gasteiger partial charge in [0.05, 0.1) is 0 Å². The molecule has 1 aromatic carbocycles. The van der Waals surface area contributed by atoms with Gasteiger partial charge in [0.2, 0.25) is 0 Å². The molecule has 1 aliphatic heterocycles. The molecule has 2 rings (SSSR count). The van der Waals surface area contributed by atoms with Crippen LogP contribution in [-0.2, 0) is 6.54 Å². The highest BCUT2D eigenvalue weighted by atomic mass is 16.2. The number of benzene rings is 1. The van der Waals surface area contributed by atoms with Crippen LogP contribution in [0.5, 0.6) is 0 Å². The Morgan fingerprint density at radius 1 is 1.25 bits per heavy atom. The highest BCUT2D eigenvalue weighted by Crippen LogP contribution is 2.13. The Morgan fingerprint density at radius 3 is 2.70 bits per heavy atom. The molecule has 0 saturated carbocycles. The fraction of sp³-hybridized carbons (Fsp3) is 0.529. The smallest absolute Gasteiger partial charge is 0.104 e. The van der Waals surface area contributed by atoms with Gasteiger partial charge in [-0.15, -0.1) is 0 Å². The van der Waals surface area contributed by atoms with Gasteiger partial charge >= 0.3 is 0 Å². The molecular formula is C17H24N2O. The zero-order valence-electron chi connectivity index (χ0n) is 12.5. The van der Waals surface area contributed by atoms with Crippen LogP contribution in [0.2, 0.25) is 0 Å². The maximum absolute atomic E-state index is 8.69. The molecule has 0 radical (unpaired) electrons. The molecule has 1 fully saturated rings. The Labute approximate surface area is 122 Å². The SMILES string of the molecule is CC1CN(C)CCCN1Cc1ccc(C#CCO)cc1. The van der Waals surface area contributed by atoms with Crippen molar-refractivity contribution in [3.8, 4) is 11.8 Å². The first-order valence-corrected chi connectivity index (χ1v) is 7.30. The Morgan fingerprint density at radius 2 is 2.00 bits per heavy atom. The van der Waals surface area contributed by atoms with Crippen LogP contribution in [0.4, 0.5) is 0 Å². The molecule has 1 N–H and O–H groups in total. The molecule has 1 aliphatic rings. The lowest BCUT2D eigenvalue weighted by molar-refractivity contribution is 0.194. The van der Waals surface area contributed by atoms with Crippen LogP contribution in [0, 0.1) is 11.8 Å². The molecule has 0 spiro atoms. The summed E-state index contributed by atoms with van der Waals surface area (Å²) < 4.78 is 0. The minimum Gasteiger partial charge on any atom is -0.384 e. The van der Waals surface area contributed by atoms with Crippen molar-refractivity contribution in [2.45, 2.75) is 25.9 Å². The third-order valence-electron chi connectivity index (χ3n) is 3.84. The summed E-state index contributed by atoms with van der Waals surface area (Å²) in [5.74, 6) is 5.60. The maximum Gasteiger partial charge on any atom is 0.104 e. The standard InChI is InChI=1S/C17H24N2O/c1-15-13-18(2)10-4-11-19(15)14-17-8-6-16(7-9-17)5-3-12-20/h6-9,15,20H,4,10-14H2,1-2H3. The summed E-state index contributed by atoms with van der Waals surface area (Å²) in [7, 11) is 2.20. The largest absolute Gasteiger partial charge is 0.384 e. The predicted octanol–water partition coefficient (Wildman–Crippen LogP) is 1.56. The van der Waals surface area contributed by atoms with Crippen molar-refractivity contribution in [1.29, 1.82) is 0 Å². The van der Waals surface area contributed by atoms with Gasteiger partial charge in [-0.3, -0.25) is 4.90 Å². The highest BCUT2D eigenvalue weighted by molar-refractivity contribution is 5.36. The van der Waals surface area contributed by atoms with Crippen molar-refractivity contribution in [2.24, 2.45) is 0 Å². The van der Waals surface area contributed by atoms with Gasteiger partial charge in [0, 0.05) is 31.2 Å². The molecule has 1 saturated heterocycles. The minimum atomic E-state index is -0.0828. The Bertz CT molecular complexity index is 472. The Kier molecular flexibility index (Phi) is 5.60. The van der Waals surface area contributed by atoms with Crippen LogP contribution in [0.15, 0.2) is 24.3 Å². The average Bonchev–Trinajstić information content (AvgIpc) is 2.59. The van der Waals surface area contributed by atoms with Crippen molar-refractivity contribution < 1.29 is 5.11 Å². The lowest BCUT2D eigenvalue weighted by Gasteiger charge is -2.27. The van der Waals surface area contributed by atoms with E-state index in [1.165, 1.54) is 18.5 Å². The fourth-order valence-electron chi connectivity index (χ4n) is 2.73. The molecular weight excluding hydrogens is 248 g/mol. The van der Waals surface area contributed by atoms with Crippen molar-refractivity contribution in [3.63, 3.8) is 0 Å². The fourth-order valence-corrected chi connectivity index (χ4v) is 2.73. The van der Waals surface area contributed by atoms with Crippen LogP contribution in [0.1, 0.15) is 24.5 Å². The van der Waals surface area contributed by atoms with Crippen molar-refractivity contribution >= 4 is 0 Å². The lowest BCUT2D eigenvalue weighted by Crippen LogP contribution is -2.37. The van der Waals surface area contributed by atoms with Crippen LogP contribution in [0.25, 0.3) is 0 Å². The van der Waals surface area contributed by atoms with Crippen molar-refractivity contribution in [2.75, 3.05) is 33.3 Å². The Hall–Kier alpha value is -1.34. The molecule has 1 atom stereocenters. The summed E-state index contributed by atoms with van der Waals surface area (Å²) >= 11 is 0. The number of aliphatic hydroxyl groups is 1. The van der Waals surface area contributed by atoms with Gasteiger partial charge in [0.15, 0.2) is 0 Å². The third-order valence-corrected chi connectivity index (χ3v) is 3.84. The van der Waals surface area contributed by atoms with Crippen LogP contribution >= 0.6 is 0 Å². The summed E-state index contributed by atoms with van der Waals surface area (Å²) in [6.07, 6.45) is 1.24. The van der Waals surface area contributed by atoms with E-state index in [4.69, 9.17) is 5.11 Å². The van der Waals surface area contributed by atoms with E-state index in [1.807, 2.05) is 12.1 Å². The zero-order chi connectivity index (χ0) is 14.4. The molecule has 1 heterocycles. The molecule has 20 heavy (non-hydrogen) atoms. The number of hydrogen-bond donors (Lipinski definition) is 1. The van der Waals surface area contributed by atoms with Crippen LogP contribution in [-0.4, -0.2) is 54.2 Å².